The summed E-state index contributed by atoms with van der Waals surface area (Å²) < 4.78 is 19.9. The molecule has 1 saturated heterocycles. The van der Waals surface area contributed by atoms with Crippen molar-refractivity contribution < 1.29 is 13.9 Å². The Balaban J connectivity index is 1.52. The van der Waals surface area contributed by atoms with E-state index in [9.17, 15) is 9.18 Å². The number of carbonyl (C=O) groups excluding carboxylic acids is 1. The number of nitrogens with one attached hydrogen (secondary N) is 1. The van der Waals surface area contributed by atoms with Crippen LogP contribution in [0.5, 0.6) is 0 Å². The van der Waals surface area contributed by atoms with Crippen LogP contribution in [-0.2, 0) is 11.8 Å². The van der Waals surface area contributed by atoms with E-state index in [0.717, 1.165) is 24.5 Å². The molecule has 2 aromatic heterocycles. The predicted octanol–water partition coefficient (Wildman–Crippen LogP) is 2.11. The summed E-state index contributed by atoms with van der Waals surface area (Å²) in [6.07, 6.45) is 1.42. The molecule has 0 unspecified atom stereocenters. The van der Waals surface area contributed by atoms with Gasteiger partial charge >= 0.3 is 0 Å². The molecule has 9 heteroatoms. The standard InChI is InChI=1S/C19H19FN6O2/c1-25-16(10-15(24-25)13-2-4-14(20)5-3-13)19(27)23-17-11-18(22-12-21-17)26-6-8-28-9-7-26/h2-5,10-12H,6-9H2,1H3,(H,21,22,23,27). The fourth-order valence-corrected chi connectivity index (χ4v) is 3.00. The first-order valence-electron chi connectivity index (χ1n) is 8.86. The second kappa shape index (κ2) is 7.73. The number of halogens is 1. The average Bonchev–Trinajstić information content (AvgIpc) is 3.11. The van der Waals surface area contributed by atoms with Gasteiger partial charge in [-0.15, -0.1) is 0 Å². The van der Waals surface area contributed by atoms with E-state index in [2.05, 4.69) is 25.3 Å². The third-order valence-corrected chi connectivity index (χ3v) is 4.48. The Hall–Kier alpha value is -3.33. The monoisotopic (exact) mass is 382 g/mol. The van der Waals surface area contributed by atoms with Crippen LogP contribution in [0.15, 0.2) is 42.7 Å². The molecule has 28 heavy (non-hydrogen) atoms. The molecule has 0 radical (unpaired) electrons. The Morgan fingerprint density at radius 1 is 1.14 bits per heavy atom. The molecule has 0 spiro atoms. The summed E-state index contributed by atoms with van der Waals surface area (Å²) >= 11 is 0. The number of aryl methyl sites for hydroxylation is 1. The lowest BCUT2D eigenvalue weighted by atomic mass is 10.1. The number of aromatic nitrogens is 4. The van der Waals surface area contributed by atoms with Gasteiger partial charge in [-0.25, -0.2) is 14.4 Å². The zero-order valence-corrected chi connectivity index (χ0v) is 15.3. The van der Waals surface area contributed by atoms with Crippen molar-refractivity contribution in [2.45, 2.75) is 0 Å². The van der Waals surface area contributed by atoms with E-state index >= 15 is 0 Å². The largest absolute Gasteiger partial charge is 0.378 e. The number of amides is 1. The minimum Gasteiger partial charge on any atom is -0.378 e. The number of hydrogen-bond acceptors (Lipinski definition) is 6. The van der Waals surface area contributed by atoms with E-state index in [1.165, 1.54) is 23.1 Å². The zero-order valence-electron chi connectivity index (χ0n) is 15.3. The molecule has 1 fully saturated rings. The number of anilines is 2. The molecule has 0 saturated carbocycles. The molecule has 1 amide bonds. The first-order chi connectivity index (χ1) is 13.6. The number of rotatable bonds is 4. The molecule has 8 nitrogen and oxygen atoms in total. The van der Waals surface area contributed by atoms with Crippen molar-refractivity contribution in [3.05, 3.63) is 54.2 Å². The minimum atomic E-state index is -0.338. The maximum atomic E-state index is 13.1. The first-order valence-corrected chi connectivity index (χ1v) is 8.86. The molecule has 1 N–H and O–H groups in total. The Bertz CT molecular complexity index is 982. The molecule has 3 heterocycles. The highest BCUT2D eigenvalue weighted by Gasteiger charge is 2.17. The Kier molecular flexibility index (Phi) is 4.98. The lowest BCUT2D eigenvalue weighted by Gasteiger charge is -2.27. The Morgan fingerprint density at radius 2 is 1.89 bits per heavy atom. The van der Waals surface area contributed by atoms with Gasteiger partial charge in [0.2, 0.25) is 0 Å². The van der Waals surface area contributed by atoms with Crippen LogP contribution in [0, 0.1) is 5.82 Å². The van der Waals surface area contributed by atoms with Gasteiger partial charge in [-0.1, -0.05) is 0 Å². The fraction of sp³-hybridized carbons (Fsp3) is 0.263. The van der Waals surface area contributed by atoms with Gasteiger partial charge in [0.15, 0.2) is 0 Å². The molecule has 1 aliphatic heterocycles. The predicted molar refractivity (Wildman–Crippen MR) is 102 cm³/mol. The van der Waals surface area contributed by atoms with E-state index in [1.54, 1.807) is 31.3 Å². The summed E-state index contributed by atoms with van der Waals surface area (Å²) in [7, 11) is 1.68. The lowest BCUT2D eigenvalue weighted by Crippen LogP contribution is -2.36. The molecule has 1 aliphatic rings. The SMILES string of the molecule is Cn1nc(-c2ccc(F)cc2)cc1C(=O)Nc1cc(N2CCOCC2)ncn1. The first kappa shape index (κ1) is 18.1. The van der Waals surface area contributed by atoms with Crippen molar-refractivity contribution in [3.8, 4) is 11.3 Å². The van der Waals surface area contributed by atoms with Gasteiger partial charge in [-0.2, -0.15) is 5.10 Å². The topological polar surface area (TPSA) is 85.2 Å². The van der Waals surface area contributed by atoms with Crippen LogP contribution in [0.3, 0.4) is 0 Å². The molecule has 0 bridgehead atoms. The number of carbonyl (C=O) groups is 1. The van der Waals surface area contributed by atoms with Gasteiger partial charge in [-0.05, 0) is 30.3 Å². The van der Waals surface area contributed by atoms with Crippen molar-refractivity contribution in [1.29, 1.82) is 0 Å². The third kappa shape index (κ3) is 3.84. The molecule has 4 rings (SSSR count). The molecule has 144 valence electrons. The average molecular weight is 382 g/mol. The van der Waals surface area contributed by atoms with Crippen LogP contribution in [0.1, 0.15) is 10.5 Å². The normalized spacial score (nSPS) is 14.1. The van der Waals surface area contributed by atoms with Crippen molar-refractivity contribution in [2.75, 3.05) is 36.5 Å². The van der Waals surface area contributed by atoms with E-state index in [4.69, 9.17) is 4.74 Å². The van der Waals surface area contributed by atoms with Gasteiger partial charge in [0.1, 0.15) is 29.5 Å². The van der Waals surface area contributed by atoms with Crippen molar-refractivity contribution in [3.63, 3.8) is 0 Å². The maximum Gasteiger partial charge on any atom is 0.275 e. The highest BCUT2D eigenvalue weighted by atomic mass is 19.1. The van der Waals surface area contributed by atoms with Crippen molar-refractivity contribution in [1.82, 2.24) is 19.7 Å². The number of nitrogens with zero attached hydrogens (tertiary/aromatic N) is 5. The smallest absolute Gasteiger partial charge is 0.275 e. The number of benzene rings is 1. The highest BCUT2D eigenvalue weighted by molar-refractivity contribution is 6.03. The van der Waals surface area contributed by atoms with Crippen molar-refractivity contribution in [2.24, 2.45) is 7.05 Å². The molecular weight excluding hydrogens is 363 g/mol. The molecule has 3 aromatic rings. The number of ether oxygens (including phenoxy) is 1. The van der Waals surface area contributed by atoms with Crippen LogP contribution in [0.4, 0.5) is 16.0 Å². The van der Waals surface area contributed by atoms with Gasteiger partial charge in [0.05, 0.1) is 18.9 Å². The van der Waals surface area contributed by atoms with Crippen LogP contribution in [0.25, 0.3) is 11.3 Å². The van der Waals surface area contributed by atoms with E-state index in [1.807, 2.05) is 0 Å². The van der Waals surface area contributed by atoms with Crippen LogP contribution in [-0.4, -0.2) is 52.0 Å². The summed E-state index contributed by atoms with van der Waals surface area (Å²) in [5, 5.41) is 7.13. The Labute approximate surface area is 161 Å². The summed E-state index contributed by atoms with van der Waals surface area (Å²) in [6.45, 7) is 2.78. The maximum absolute atomic E-state index is 13.1. The van der Waals surface area contributed by atoms with E-state index < -0.39 is 0 Å². The van der Waals surface area contributed by atoms with Crippen LogP contribution in [0.2, 0.25) is 0 Å². The van der Waals surface area contributed by atoms with Gasteiger partial charge in [0, 0.05) is 31.8 Å². The number of hydrogen-bond donors (Lipinski definition) is 1. The third-order valence-electron chi connectivity index (χ3n) is 4.48. The van der Waals surface area contributed by atoms with Gasteiger partial charge < -0.3 is 15.0 Å². The van der Waals surface area contributed by atoms with Crippen molar-refractivity contribution >= 4 is 17.5 Å². The van der Waals surface area contributed by atoms with Gasteiger partial charge in [0.25, 0.3) is 5.91 Å². The second-order valence-corrected chi connectivity index (χ2v) is 6.36. The summed E-state index contributed by atoms with van der Waals surface area (Å²) in [4.78, 5) is 23.2. The van der Waals surface area contributed by atoms with E-state index in [-0.39, 0.29) is 11.7 Å². The van der Waals surface area contributed by atoms with E-state index in [0.29, 0.717) is 30.4 Å². The molecule has 0 atom stereocenters. The molecular formula is C19H19FN6O2. The minimum absolute atomic E-state index is 0.322. The quantitative estimate of drug-likeness (QED) is 0.744. The Morgan fingerprint density at radius 3 is 2.64 bits per heavy atom. The lowest BCUT2D eigenvalue weighted by molar-refractivity contribution is 0.101. The second-order valence-electron chi connectivity index (χ2n) is 6.36. The number of morpholine rings is 1. The molecule has 0 aliphatic carbocycles. The fourth-order valence-electron chi connectivity index (χ4n) is 3.00. The zero-order chi connectivity index (χ0) is 19.5. The van der Waals surface area contributed by atoms with Crippen LogP contribution >= 0.6 is 0 Å². The molecule has 1 aromatic carbocycles. The summed E-state index contributed by atoms with van der Waals surface area (Å²) in [6, 6.07) is 9.36. The summed E-state index contributed by atoms with van der Waals surface area (Å²) in [5.74, 6) is 0.490. The van der Waals surface area contributed by atoms with Gasteiger partial charge in [-0.3, -0.25) is 9.48 Å². The summed E-state index contributed by atoms with van der Waals surface area (Å²) in [5.41, 5.74) is 1.68. The highest BCUT2D eigenvalue weighted by Crippen LogP contribution is 2.20. The van der Waals surface area contributed by atoms with Crippen LogP contribution < -0.4 is 10.2 Å².